The summed E-state index contributed by atoms with van der Waals surface area (Å²) in [4.78, 5) is 28.8. The van der Waals surface area contributed by atoms with Gasteiger partial charge >= 0.3 is 0 Å². The molecule has 2 aliphatic rings. The third kappa shape index (κ3) is 3.53. The van der Waals surface area contributed by atoms with Crippen LogP contribution in [0.4, 0.5) is 0 Å². The zero-order valence-corrected chi connectivity index (χ0v) is 14.3. The van der Waals surface area contributed by atoms with Crippen molar-refractivity contribution in [3.63, 3.8) is 0 Å². The van der Waals surface area contributed by atoms with Gasteiger partial charge in [-0.05, 0) is 24.6 Å². The fraction of sp³-hybridized carbons (Fsp3) is 0.556. The van der Waals surface area contributed by atoms with Crippen molar-refractivity contribution in [3.8, 4) is 5.75 Å². The van der Waals surface area contributed by atoms with Crippen LogP contribution in [0.15, 0.2) is 24.3 Å². The SMILES string of the molecule is COc1ccc(CN2CC(C(=O)N3CCNC[C@H]3C)CC2=O)cc1. The molecular weight excluding hydrogens is 306 g/mol. The van der Waals surface area contributed by atoms with Gasteiger partial charge in [-0.3, -0.25) is 9.59 Å². The van der Waals surface area contributed by atoms with Crippen molar-refractivity contribution in [1.82, 2.24) is 15.1 Å². The summed E-state index contributed by atoms with van der Waals surface area (Å²) >= 11 is 0. The van der Waals surface area contributed by atoms with Crippen LogP contribution in [-0.4, -0.2) is 60.9 Å². The third-order valence-electron chi connectivity index (χ3n) is 4.88. The van der Waals surface area contributed by atoms with Gasteiger partial charge in [-0.25, -0.2) is 0 Å². The van der Waals surface area contributed by atoms with Gasteiger partial charge in [0.05, 0.1) is 13.0 Å². The maximum Gasteiger partial charge on any atom is 0.228 e. The van der Waals surface area contributed by atoms with Crippen LogP contribution in [-0.2, 0) is 16.1 Å². The summed E-state index contributed by atoms with van der Waals surface area (Å²) in [6.07, 6.45) is 0.325. The van der Waals surface area contributed by atoms with Crippen LogP contribution in [0.1, 0.15) is 18.9 Å². The highest BCUT2D eigenvalue weighted by Crippen LogP contribution is 2.24. The Labute approximate surface area is 142 Å². The van der Waals surface area contributed by atoms with Gasteiger partial charge in [-0.15, -0.1) is 0 Å². The first-order valence-corrected chi connectivity index (χ1v) is 8.50. The molecule has 3 rings (SSSR count). The normalized spacial score (nSPS) is 24.3. The summed E-state index contributed by atoms with van der Waals surface area (Å²) < 4.78 is 5.15. The molecule has 6 nitrogen and oxygen atoms in total. The van der Waals surface area contributed by atoms with E-state index in [1.807, 2.05) is 29.2 Å². The Bertz CT molecular complexity index is 602. The van der Waals surface area contributed by atoms with E-state index >= 15 is 0 Å². The van der Waals surface area contributed by atoms with E-state index in [1.165, 1.54) is 0 Å². The Morgan fingerprint density at radius 1 is 1.33 bits per heavy atom. The molecule has 2 amide bonds. The van der Waals surface area contributed by atoms with Gasteiger partial charge in [-0.1, -0.05) is 12.1 Å². The van der Waals surface area contributed by atoms with Crippen LogP contribution < -0.4 is 10.1 Å². The Balaban J connectivity index is 1.61. The maximum absolute atomic E-state index is 12.7. The molecule has 2 aliphatic heterocycles. The summed E-state index contributed by atoms with van der Waals surface area (Å²) in [5.74, 6) is 0.769. The number of piperazine rings is 1. The van der Waals surface area contributed by atoms with E-state index in [0.29, 0.717) is 19.5 Å². The number of likely N-dealkylation sites (tertiary alicyclic amines) is 1. The molecule has 2 heterocycles. The number of rotatable bonds is 4. The Morgan fingerprint density at radius 3 is 2.75 bits per heavy atom. The molecule has 130 valence electrons. The molecule has 2 saturated heterocycles. The fourth-order valence-corrected chi connectivity index (χ4v) is 3.44. The third-order valence-corrected chi connectivity index (χ3v) is 4.88. The highest BCUT2D eigenvalue weighted by atomic mass is 16.5. The zero-order valence-electron chi connectivity index (χ0n) is 14.3. The van der Waals surface area contributed by atoms with Crippen molar-refractivity contribution in [2.75, 3.05) is 33.3 Å². The van der Waals surface area contributed by atoms with Crippen LogP contribution in [0, 0.1) is 5.92 Å². The predicted octanol–water partition coefficient (Wildman–Crippen LogP) is 0.864. The standard InChI is InChI=1S/C18H25N3O3/c1-13-10-19-7-8-21(13)18(23)15-9-17(22)20(12-15)11-14-3-5-16(24-2)6-4-14/h3-6,13,15,19H,7-12H2,1-2H3/t13-,15?/m1/s1. The van der Waals surface area contributed by atoms with Crippen molar-refractivity contribution in [2.45, 2.75) is 25.9 Å². The number of hydrogen-bond donors (Lipinski definition) is 1. The minimum Gasteiger partial charge on any atom is -0.497 e. The second kappa shape index (κ2) is 7.21. The lowest BCUT2D eigenvalue weighted by Gasteiger charge is -2.35. The first-order chi connectivity index (χ1) is 11.6. The number of ether oxygens (including phenoxy) is 1. The number of amides is 2. The van der Waals surface area contributed by atoms with Crippen molar-refractivity contribution in [2.24, 2.45) is 5.92 Å². The molecule has 0 spiro atoms. The van der Waals surface area contributed by atoms with E-state index in [2.05, 4.69) is 12.2 Å². The highest BCUT2D eigenvalue weighted by molar-refractivity contribution is 5.89. The summed E-state index contributed by atoms with van der Waals surface area (Å²) in [6.45, 7) is 5.48. The summed E-state index contributed by atoms with van der Waals surface area (Å²) in [7, 11) is 1.63. The molecule has 1 aromatic rings. The fourth-order valence-electron chi connectivity index (χ4n) is 3.44. The largest absolute Gasteiger partial charge is 0.497 e. The number of carbonyl (C=O) groups excluding carboxylic acids is 2. The molecule has 1 unspecified atom stereocenters. The zero-order chi connectivity index (χ0) is 17.1. The number of hydrogen-bond acceptors (Lipinski definition) is 4. The van der Waals surface area contributed by atoms with Crippen LogP contribution in [0.25, 0.3) is 0 Å². The van der Waals surface area contributed by atoms with E-state index in [0.717, 1.165) is 30.9 Å². The molecule has 0 aromatic heterocycles. The van der Waals surface area contributed by atoms with E-state index in [9.17, 15) is 9.59 Å². The van der Waals surface area contributed by atoms with Crippen LogP contribution >= 0.6 is 0 Å². The van der Waals surface area contributed by atoms with E-state index in [-0.39, 0.29) is 23.8 Å². The second-order valence-corrected chi connectivity index (χ2v) is 6.61. The number of carbonyl (C=O) groups is 2. The van der Waals surface area contributed by atoms with Gasteiger partial charge in [0.25, 0.3) is 0 Å². The average molecular weight is 331 g/mol. The Kier molecular flexibility index (Phi) is 5.04. The molecule has 6 heteroatoms. The molecule has 0 bridgehead atoms. The summed E-state index contributed by atoms with van der Waals surface area (Å²) in [5, 5.41) is 3.29. The molecule has 2 fully saturated rings. The number of methoxy groups -OCH3 is 1. The molecule has 1 N–H and O–H groups in total. The Morgan fingerprint density at radius 2 is 2.08 bits per heavy atom. The van der Waals surface area contributed by atoms with Crippen LogP contribution in [0.3, 0.4) is 0 Å². The highest BCUT2D eigenvalue weighted by Gasteiger charge is 2.38. The van der Waals surface area contributed by atoms with Crippen molar-refractivity contribution >= 4 is 11.8 Å². The summed E-state index contributed by atoms with van der Waals surface area (Å²) in [5.41, 5.74) is 1.05. The summed E-state index contributed by atoms with van der Waals surface area (Å²) in [6, 6.07) is 7.89. The first kappa shape index (κ1) is 16.8. The molecule has 2 atom stereocenters. The van der Waals surface area contributed by atoms with Gasteiger partial charge < -0.3 is 19.9 Å². The van der Waals surface area contributed by atoms with E-state index in [1.54, 1.807) is 12.0 Å². The number of nitrogens with one attached hydrogen (secondary N) is 1. The van der Waals surface area contributed by atoms with Crippen LogP contribution in [0.5, 0.6) is 5.75 Å². The number of benzene rings is 1. The smallest absolute Gasteiger partial charge is 0.228 e. The molecule has 0 aliphatic carbocycles. The predicted molar refractivity (Wildman–Crippen MR) is 90.6 cm³/mol. The van der Waals surface area contributed by atoms with Gasteiger partial charge in [0.15, 0.2) is 0 Å². The molecular formula is C18H25N3O3. The maximum atomic E-state index is 12.7. The van der Waals surface area contributed by atoms with Gasteiger partial charge in [0.1, 0.15) is 5.75 Å². The van der Waals surface area contributed by atoms with E-state index < -0.39 is 0 Å². The Hall–Kier alpha value is -2.08. The molecule has 24 heavy (non-hydrogen) atoms. The van der Waals surface area contributed by atoms with Crippen molar-refractivity contribution in [3.05, 3.63) is 29.8 Å². The minimum atomic E-state index is -0.212. The van der Waals surface area contributed by atoms with Gasteiger partial charge in [0.2, 0.25) is 11.8 Å². The lowest BCUT2D eigenvalue weighted by atomic mass is 10.1. The topological polar surface area (TPSA) is 61.9 Å². The molecule has 1 aromatic carbocycles. The van der Waals surface area contributed by atoms with Crippen molar-refractivity contribution in [1.29, 1.82) is 0 Å². The average Bonchev–Trinajstić information content (AvgIpc) is 2.96. The monoisotopic (exact) mass is 331 g/mol. The van der Waals surface area contributed by atoms with Crippen molar-refractivity contribution < 1.29 is 14.3 Å². The lowest BCUT2D eigenvalue weighted by Crippen LogP contribution is -2.54. The second-order valence-electron chi connectivity index (χ2n) is 6.61. The minimum absolute atomic E-state index is 0.0620. The lowest BCUT2D eigenvalue weighted by molar-refractivity contribution is -0.138. The molecule has 0 radical (unpaired) electrons. The van der Waals surface area contributed by atoms with Gasteiger partial charge in [0, 0.05) is 45.2 Å². The quantitative estimate of drug-likeness (QED) is 0.889. The van der Waals surface area contributed by atoms with Gasteiger partial charge in [-0.2, -0.15) is 0 Å². The first-order valence-electron chi connectivity index (χ1n) is 8.50. The molecule has 0 saturated carbocycles. The van der Waals surface area contributed by atoms with Crippen LogP contribution in [0.2, 0.25) is 0 Å². The van der Waals surface area contributed by atoms with E-state index in [4.69, 9.17) is 4.74 Å². The number of nitrogens with zero attached hydrogens (tertiary/aromatic N) is 2.